The molecule has 0 fully saturated rings. The first-order valence-corrected chi connectivity index (χ1v) is 10.6. The number of primary amides is 1. The van der Waals surface area contributed by atoms with Crippen molar-refractivity contribution in [2.75, 3.05) is 0 Å². The minimum atomic E-state index is -0.554. The molecule has 4 aromatic rings. The van der Waals surface area contributed by atoms with E-state index in [4.69, 9.17) is 17.3 Å². The van der Waals surface area contributed by atoms with Gasteiger partial charge in [-0.1, -0.05) is 61.0 Å². The van der Waals surface area contributed by atoms with Crippen molar-refractivity contribution in [3.05, 3.63) is 105 Å². The van der Waals surface area contributed by atoms with Crippen molar-refractivity contribution in [1.29, 1.82) is 0 Å². The number of nitrogens with two attached hydrogens (primary N) is 1. The minimum Gasteiger partial charge on any atom is -0.366 e. The van der Waals surface area contributed by atoms with Crippen molar-refractivity contribution >= 4 is 34.1 Å². The number of halogens is 1. The van der Waals surface area contributed by atoms with Crippen LogP contribution in [0, 0.1) is 0 Å². The largest absolute Gasteiger partial charge is 0.366 e. The van der Waals surface area contributed by atoms with Crippen LogP contribution in [0.25, 0.3) is 21.9 Å². The molecule has 0 bridgehead atoms. The number of aromatic nitrogens is 1. The molecule has 0 aliphatic carbocycles. The van der Waals surface area contributed by atoms with Crippen molar-refractivity contribution in [3.63, 3.8) is 0 Å². The van der Waals surface area contributed by atoms with Gasteiger partial charge in [-0.3, -0.25) is 19.0 Å². The van der Waals surface area contributed by atoms with E-state index < -0.39 is 5.91 Å². The Balaban J connectivity index is 2.09. The highest BCUT2D eigenvalue weighted by Crippen LogP contribution is 2.33. The molecule has 0 atom stereocenters. The molecule has 4 rings (SSSR count). The second kappa shape index (κ2) is 8.81. The Labute approximate surface area is 190 Å². The van der Waals surface area contributed by atoms with Crippen molar-refractivity contribution in [3.8, 4) is 11.1 Å². The summed E-state index contributed by atoms with van der Waals surface area (Å²) in [4.78, 5) is 38.4. The van der Waals surface area contributed by atoms with E-state index in [2.05, 4.69) is 0 Å². The SMILES string of the molecule is CCC(=O)c1c(-c2ccccc2)c2cc(Cl)ccc2c(=O)n1Cc1cccc(C(N)=O)c1. The summed E-state index contributed by atoms with van der Waals surface area (Å²) in [5.74, 6) is -0.712. The van der Waals surface area contributed by atoms with Gasteiger partial charge < -0.3 is 5.73 Å². The maximum atomic E-state index is 13.6. The molecule has 0 aliphatic rings. The van der Waals surface area contributed by atoms with E-state index in [1.807, 2.05) is 30.3 Å². The first-order chi connectivity index (χ1) is 15.4. The van der Waals surface area contributed by atoms with Crippen molar-refractivity contribution < 1.29 is 9.59 Å². The van der Waals surface area contributed by atoms with Gasteiger partial charge >= 0.3 is 0 Å². The molecule has 1 aromatic heterocycles. The molecule has 6 heteroatoms. The molecule has 0 spiro atoms. The zero-order valence-corrected chi connectivity index (χ0v) is 18.2. The average molecular weight is 445 g/mol. The molecule has 2 N–H and O–H groups in total. The molecule has 0 saturated heterocycles. The fraction of sp³-hybridized carbons (Fsp3) is 0.115. The predicted molar refractivity (Wildman–Crippen MR) is 127 cm³/mol. The van der Waals surface area contributed by atoms with Crippen molar-refractivity contribution in [1.82, 2.24) is 4.57 Å². The number of carbonyl (C=O) groups excluding carboxylic acids is 2. The lowest BCUT2D eigenvalue weighted by atomic mass is 9.94. The third-order valence-corrected chi connectivity index (χ3v) is 5.67. The van der Waals surface area contributed by atoms with Crippen LogP contribution in [0.3, 0.4) is 0 Å². The summed E-state index contributed by atoms with van der Waals surface area (Å²) >= 11 is 6.28. The van der Waals surface area contributed by atoms with E-state index >= 15 is 0 Å². The molecule has 0 unspecified atom stereocenters. The standard InChI is InChI=1S/C26H21ClN2O3/c1-2-22(30)24-23(17-8-4-3-5-9-17)21-14-19(27)11-12-20(21)26(32)29(24)15-16-7-6-10-18(13-16)25(28)31/h3-14H,2,15H2,1H3,(H2,28,31). The predicted octanol–water partition coefficient (Wildman–Crippen LogP) is 5.06. The number of Topliss-reactive ketones (excluding diaryl/α,β-unsaturated/α-hetero) is 1. The maximum absolute atomic E-state index is 13.6. The number of fused-ring (bicyclic) bond motifs is 1. The molecule has 0 saturated carbocycles. The minimum absolute atomic E-state index is 0.124. The molecular weight excluding hydrogens is 424 g/mol. The van der Waals surface area contributed by atoms with E-state index in [0.717, 1.165) is 5.56 Å². The van der Waals surface area contributed by atoms with Crippen LogP contribution in [0.5, 0.6) is 0 Å². The number of hydrogen-bond donors (Lipinski definition) is 1. The van der Waals surface area contributed by atoms with Crippen LogP contribution in [-0.4, -0.2) is 16.3 Å². The molecule has 1 amide bonds. The third-order valence-electron chi connectivity index (χ3n) is 5.43. The molecule has 3 aromatic carbocycles. The van der Waals surface area contributed by atoms with Gasteiger partial charge in [-0.2, -0.15) is 0 Å². The average Bonchev–Trinajstić information content (AvgIpc) is 2.80. The first kappa shape index (κ1) is 21.5. The summed E-state index contributed by atoms with van der Waals surface area (Å²) in [5.41, 5.74) is 7.97. The van der Waals surface area contributed by atoms with E-state index in [9.17, 15) is 14.4 Å². The Bertz CT molecular complexity index is 1410. The fourth-order valence-corrected chi connectivity index (χ4v) is 4.10. The second-order valence-corrected chi connectivity index (χ2v) is 7.95. The Morgan fingerprint density at radius 2 is 1.69 bits per heavy atom. The number of amides is 1. The molecule has 0 aliphatic heterocycles. The van der Waals surface area contributed by atoms with E-state index in [1.165, 1.54) is 4.57 Å². The molecule has 0 radical (unpaired) electrons. The summed E-state index contributed by atoms with van der Waals surface area (Å²) in [6.45, 7) is 1.89. The number of benzene rings is 3. The van der Waals surface area contributed by atoms with Crippen LogP contribution in [0.1, 0.15) is 39.8 Å². The lowest BCUT2D eigenvalue weighted by molar-refractivity contribution is 0.0976. The quantitative estimate of drug-likeness (QED) is 0.422. The smallest absolute Gasteiger partial charge is 0.259 e. The molecule has 160 valence electrons. The molecule has 5 nitrogen and oxygen atoms in total. The lowest BCUT2D eigenvalue weighted by Crippen LogP contribution is -2.28. The van der Waals surface area contributed by atoms with Crippen LogP contribution in [-0.2, 0) is 6.54 Å². The highest BCUT2D eigenvalue weighted by molar-refractivity contribution is 6.31. The van der Waals surface area contributed by atoms with Crippen LogP contribution in [0.4, 0.5) is 0 Å². The Hall–Kier alpha value is -3.70. The van der Waals surface area contributed by atoms with Gasteiger partial charge in [0.25, 0.3) is 5.56 Å². The number of carbonyl (C=O) groups is 2. The van der Waals surface area contributed by atoms with Gasteiger partial charge in [0.15, 0.2) is 5.78 Å². The van der Waals surface area contributed by atoms with Crippen LogP contribution in [0.2, 0.25) is 5.02 Å². The van der Waals surface area contributed by atoms with Gasteiger partial charge in [-0.25, -0.2) is 0 Å². The topological polar surface area (TPSA) is 82.2 Å². The number of nitrogens with zero attached hydrogens (tertiary/aromatic N) is 1. The molecule has 32 heavy (non-hydrogen) atoms. The van der Waals surface area contributed by atoms with E-state index in [0.29, 0.717) is 38.2 Å². The van der Waals surface area contributed by atoms with E-state index in [-0.39, 0.29) is 24.3 Å². The van der Waals surface area contributed by atoms with Gasteiger partial charge in [0, 0.05) is 28.0 Å². The maximum Gasteiger partial charge on any atom is 0.259 e. The van der Waals surface area contributed by atoms with Gasteiger partial charge in [0.05, 0.1) is 12.2 Å². The third kappa shape index (κ3) is 3.95. The summed E-state index contributed by atoms with van der Waals surface area (Å²) in [5, 5.41) is 1.58. The number of ketones is 1. The monoisotopic (exact) mass is 444 g/mol. The van der Waals surface area contributed by atoms with Crippen LogP contribution >= 0.6 is 11.6 Å². The van der Waals surface area contributed by atoms with Gasteiger partial charge in [0.2, 0.25) is 5.91 Å². The van der Waals surface area contributed by atoms with Gasteiger partial charge in [-0.15, -0.1) is 0 Å². The summed E-state index contributed by atoms with van der Waals surface area (Å²) in [6, 6.07) is 21.3. The Morgan fingerprint density at radius 3 is 2.38 bits per heavy atom. The first-order valence-electron chi connectivity index (χ1n) is 10.2. The summed E-state index contributed by atoms with van der Waals surface area (Å²) < 4.78 is 1.49. The normalized spacial score (nSPS) is 10.9. The van der Waals surface area contributed by atoms with E-state index in [1.54, 1.807) is 49.4 Å². The zero-order valence-electron chi connectivity index (χ0n) is 17.5. The number of hydrogen-bond acceptors (Lipinski definition) is 3. The van der Waals surface area contributed by atoms with Crippen molar-refractivity contribution in [2.45, 2.75) is 19.9 Å². The second-order valence-electron chi connectivity index (χ2n) is 7.51. The Kier molecular flexibility index (Phi) is 5.93. The summed E-state index contributed by atoms with van der Waals surface area (Å²) in [7, 11) is 0. The van der Waals surface area contributed by atoms with Gasteiger partial charge in [0.1, 0.15) is 0 Å². The van der Waals surface area contributed by atoms with Crippen LogP contribution in [0.15, 0.2) is 77.6 Å². The fourth-order valence-electron chi connectivity index (χ4n) is 3.93. The lowest BCUT2D eigenvalue weighted by Gasteiger charge is -2.19. The number of rotatable bonds is 6. The van der Waals surface area contributed by atoms with Crippen molar-refractivity contribution in [2.24, 2.45) is 5.73 Å². The molecular formula is C26H21ClN2O3. The van der Waals surface area contributed by atoms with Gasteiger partial charge in [-0.05, 0) is 46.8 Å². The Morgan fingerprint density at radius 1 is 0.938 bits per heavy atom. The molecule has 1 heterocycles. The highest BCUT2D eigenvalue weighted by Gasteiger charge is 2.23. The van der Waals surface area contributed by atoms with Crippen LogP contribution < -0.4 is 11.3 Å². The number of pyridine rings is 1. The highest BCUT2D eigenvalue weighted by atomic mass is 35.5. The summed E-state index contributed by atoms with van der Waals surface area (Å²) in [6.07, 6.45) is 0.229. The zero-order chi connectivity index (χ0) is 22.8.